The molecule has 3 aromatic carbocycles. The summed E-state index contributed by atoms with van der Waals surface area (Å²) in [6, 6.07) is 23.3. The molecule has 3 aromatic rings. The Morgan fingerprint density at radius 1 is 1.00 bits per heavy atom. The fraction of sp³-hybridized carbons (Fsp3) is 0.333. The van der Waals surface area contributed by atoms with Crippen LogP contribution in [0.5, 0.6) is 5.75 Å². The molecule has 3 amide bonds. The summed E-state index contributed by atoms with van der Waals surface area (Å²) in [6.07, 6.45) is 0.434. The molecule has 0 aliphatic carbocycles. The fourth-order valence-corrected chi connectivity index (χ4v) is 4.95. The van der Waals surface area contributed by atoms with Gasteiger partial charge in [-0.3, -0.25) is 14.6 Å². The zero-order valence-corrected chi connectivity index (χ0v) is 19.0. The molecule has 176 valence electrons. The van der Waals surface area contributed by atoms with Crippen molar-refractivity contribution in [1.29, 1.82) is 0 Å². The number of hydrogen-bond donors (Lipinski definition) is 2. The number of ether oxygens (including phenoxy) is 1. The van der Waals surface area contributed by atoms with Gasteiger partial charge in [-0.2, -0.15) is 0 Å². The van der Waals surface area contributed by atoms with Crippen LogP contribution in [0.1, 0.15) is 18.4 Å². The molecule has 0 radical (unpaired) electrons. The van der Waals surface area contributed by atoms with Gasteiger partial charge >= 0.3 is 6.03 Å². The highest BCUT2D eigenvalue weighted by atomic mass is 16.5. The smallest absolute Gasteiger partial charge is 0.325 e. The van der Waals surface area contributed by atoms with Gasteiger partial charge in [0.1, 0.15) is 24.0 Å². The van der Waals surface area contributed by atoms with Crippen LogP contribution in [0, 0.1) is 0 Å². The van der Waals surface area contributed by atoms with Crippen molar-refractivity contribution in [3.05, 3.63) is 78.4 Å². The Morgan fingerprint density at radius 3 is 2.59 bits per heavy atom. The lowest BCUT2D eigenvalue weighted by atomic mass is 9.88. The molecular weight excluding hydrogens is 430 g/mol. The van der Waals surface area contributed by atoms with Crippen molar-refractivity contribution in [1.82, 2.24) is 15.1 Å². The van der Waals surface area contributed by atoms with Gasteiger partial charge in [0, 0.05) is 13.1 Å². The lowest BCUT2D eigenvalue weighted by molar-refractivity contribution is -0.134. The van der Waals surface area contributed by atoms with Crippen LogP contribution in [0.3, 0.4) is 0 Å². The maximum Gasteiger partial charge on any atom is 0.325 e. The van der Waals surface area contributed by atoms with Crippen LogP contribution in [-0.2, 0) is 11.3 Å². The van der Waals surface area contributed by atoms with E-state index in [0.29, 0.717) is 18.7 Å². The lowest BCUT2D eigenvalue weighted by Gasteiger charge is -2.38. The molecular formula is C27H29N3O4. The number of imide groups is 1. The van der Waals surface area contributed by atoms with Crippen molar-refractivity contribution in [3.63, 3.8) is 0 Å². The van der Waals surface area contributed by atoms with Crippen LogP contribution >= 0.6 is 0 Å². The van der Waals surface area contributed by atoms with Crippen LogP contribution < -0.4 is 10.1 Å². The Kier molecular flexibility index (Phi) is 6.22. The molecule has 1 spiro atoms. The van der Waals surface area contributed by atoms with E-state index < -0.39 is 17.7 Å². The summed E-state index contributed by atoms with van der Waals surface area (Å²) in [6.45, 7) is 1.96. The first-order valence-corrected chi connectivity index (χ1v) is 11.7. The zero-order valence-electron chi connectivity index (χ0n) is 19.0. The number of fused-ring (bicyclic) bond motifs is 1. The topological polar surface area (TPSA) is 82.1 Å². The number of amides is 3. The summed E-state index contributed by atoms with van der Waals surface area (Å²) in [4.78, 5) is 29.4. The minimum absolute atomic E-state index is 0.0114. The minimum Gasteiger partial charge on any atom is -0.491 e. The van der Waals surface area contributed by atoms with E-state index in [0.717, 1.165) is 35.2 Å². The summed E-state index contributed by atoms with van der Waals surface area (Å²) in [5, 5.41) is 15.6. The number of rotatable bonds is 7. The first kappa shape index (κ1) is 22.4. The molecule has 7 heteroatoms. The van der Waals surface area contributed by atoms with Gasteiger partial charge in [0.15, 0.2) is 0 Å². The van der Waals surface area contributed by atoms with E-state index in [1.54, 1.807) is 0 Å². The van der Waals surface area contributed by atoms with Gasteiger partial charge in [0.05, 0.1) is 6.54 Å². The van der Waals surface area contributed by atoms with Gasteiger partial charge in [-0.1, -0.05) is 60.7 Å². The average molecular weight is 460 g/mol. The van der Waals surface area contributed by atoms with E-state index >= 15 is 0 Å². The number of carbonyl (C=O) groups excluding carboxylic acids is 2. The second kappa shape index (κ2) is 9.44. The van der Waals surface area contributed by atoms with E-state index in [1.165, 1.54) is 5.56 Å². The molecule has 2 saturated heterocycles. The van der Waals surface area contributed by atoms with Crippen LogP contribution in [0.4, 0.5) is 4.79 Å². The SMILES string of the molecule is O=C1NC2(CCCN(Cc3ccccc3)C2)C(=O)N1CC(O)COc1ccc2ccccc2c1. The third-order valence-corrected chi connectivity index (χ3v) is 6.62. The molecule has 2 aliphatic heterocycles. The number of β-amino-alcohol motifs (C(OH)–C–C–N with tert-alkyl or cyclic N) is 1. The van der Waals surface area contributed by atoms with E-state index in [1.807, 2.05) is 60.7 Å². The number of aliphatic hydroxyl groups excluding tert-OH is 1. The summed E-state index contributed by atoms with van der Waals surface area (Å²) in [7, 11) is 0. The standard InChI is InChI=1S/C27H29N3O4/c31-23(18-34-24-12-11-21-9-4-5-10-22(21)15-24)17-30-25(32)27(28-26(30)33)13-6-14-29(19-27)16-20-7-2-1-3-8-20/h1-5,7-12,15,23,31H,6,13-14,16-19H2,(H,28,33). The number of likely N-dealkylation sites (tertiary alicyclic amines) is 1. The fourth-order valence-electron chi connectivity index (χ4n) is 4.95. The Bertz CT molecular complexity index is 1180. The number of carbonyl (C=O) groups is 2. The van der Waals surface area contributed by atoms with Crippen molar-refractivity contribution in [2.45, 2.75) is 31.0 Å². The number of aliphatic hydroxyl groups is 1. The third-order valence-electron chi connectivity index (χ3n) is 6.62. The first-order valence-electron chi connectivity index (χ1n) is 11.7. The van der Waals surface area contributed by atoms with Crippen molar-refractivity contribution in [3.8, 4) is 5.75 Å². The largest absolute Gasteiger partial charge is 0.491 e. The number of piperidine rings is 1. The molecule has 5 rings (SSSR count). The van der Waals surface area contributed by atoms with Gasteiger partial charge in [0.2, 0.25) is 0 Å². The summed E-state index contributed by atoms with van der Waals surface area (Å²) >= 11 is 0. The van der Waals surface area contributed by atoms with Crippen molar-refractivity contribution in [2.24, 2.45) is 0 Å². The van der Waals surface area contributed by atoms with Gasteiger partial charge in [-0.15, -0.1) is 0 Å². The highest BCUT2D eigenvalue weighted by Crippen LogP contribution is 2.29. The van der Waals surface area contributed by atoms with E-state index in [2.05, 4.69) is 22.3 Å². The summed E-state index contributed by atoms with van der Waals surface area (Å²) in [5.41, 5.74) is 0.248. The molecule has 7 nitrogen and oxygen atoms in total. The van der Waals surface area contributed by atoms with Crippen molar-refractivity contribution >= 4 is 22.7 Å². The molecule has 2 unspecified atom stereocenters. The molecule has 0 bridgehead atoms. The summed E-state index contributed by atoms with van der Waals surface area (Å²) < 4.78 is 5.75. The zero-order chi connectivity index (χ0) is 23.5. The van der Waals surface area contributed by atoms with Crippen molar-refractivity contribution < 1.29 is 19.4 Å². The molecule has 2 atom stereocenters. The Balaban J connectivity index is 1.19. The Hall–Kier alpha value is -3.42. The number of hydrogen-bond acceptors (Lipinski definition) is 5. The van der Waals surface area contributed by atoms with Gasteiger partial charge in [0.25, 0.3) is 5.91 Å². The molecule has 0 aromatic heterocycles. The number of nitrogens with one attached hydrogen (secondary N) is 1. The predicted molar refractivity (Wildman–Crippen MR) is 129 cm³/mol. The number of nitrogens with zero attached hydrogens (tertiary/aromatic N) is 2. The van der Waals surface area contributed by atoms with E-state index in [-0.39, 0.29) is 19.1 Å². The Morgan fingerprint density at radius 2 is 1.76 bits per heavy atom. The van der Waals surface area contributed by atoms with E-state index in [9.17, 15) is 14.7 Å². The second-order valence-corrected chi connectivity index (χ2v) is 9.20. The Labute approximate surface area is 198 Å². The molecule has 2 fully saturated rings. The van der Waals surface area contributed by atoms with E-state index in [4.69, 9.17) is 4.74 Å². The normalized spacial score (nSPS) is 21.7. The van der Waals surface area contributed by atoms with Crippen LogP contribution in [0.15, 0.2) is 72.8 Å². The number of urea groups is 1. The number of benzene rings is 3. The van der Waals surface area contributed by atoms with Crippen LogP contribution in [-0.4, -0.2) is 64.7 Å². The van der Waals surface area contributed by atoms with Crippen molar-refractivity contribution in [2.75, 3.05) is 26.2 Å². The predicted octanol–water partition coefficient (Wildman–Crippen LogP) is 3.17. The highest BCUT2D eigenvalue weighted by Gasteiger charge is 2.53. The minimum atomic E-state index is -0.986. The maximum absolute atomic E-state index is 13.3. The monoisotopic (exact) mass is 459 g/mol. The molecule has 2 heterocycles. The van der Waals surface area contributed by atoms with Crippen LogP contribution in [0.25, 0.3) is 10.8 Å². The average Bonchev–Trinajstić information content (AvgIpc) is 3.07. The van der Waals surface area contributed by atoms with Gasteiger partial charge in [-0.05, 0) is 47.9 Å². The third kappa shape index (κ3) is 4.62. The molecule has 2 aliphatic rings. The quantitative estimate of drug-likeness (QED) is 0.531. The van der Waals surface area contributed by atoms with Gasteiger partial charge in [-0.25, -0.2) is 4.79 Å². The maximum atomic E-state index is 13.3. The van der Waals surface area contributed by atoms with Crippen LogP contribution in [0.2, 0.25) is 0 Å². The molecule has 2 N–H and O–H groups in total. The summed E-state index contributed by atoms with van der Waals surface area (Å²) in [5.74, 6) is 0.371. The van der Waals surface area contributed by atoms with Gasteiger partial charge < -0.3 is 15.2 Å². The lowest BCUT2D eigenvalue weighted by Crippen LogP contribution is -2.58. The second-order valence-electron chi connectivity index (χ2n) is 9.20. The molecule has 0 saturated carbocycles. The first-order chi connectivity index (χ1) is 16.5. The highest BCUT2D eigenvalue weighted by molar-refractivity contribution is 6.07. The molecule has 34 heavy (non-hydrogen) atoms.